The molecular weight excluding hydrogens is 390 g/mol. The second-order valence-electron chi connectivity index (χ2n) is 7.59. The third-order valence-electron chi connectivity index (χ3n) is 5.46. The van der Waals surface area contributed by atoms with Crippen LogP contribution in [0.5, 0.6) is 0 Å². The molecule has 0 saturated carbocycles. The van der Waals surface area contributed by atoms with Gasteiger partial charge in [-0.25, -0.2) is 4.68 Å². The molecule has 0 spiro atoms. The Bertz CT molecular complexity index is 1260. The van der Waals surface area contributed by atoms with E-state index in [2.05, 4.69) is 15.6 Å². The fourth-order valence-corrected chi connectivity index (χ4v) is 3.84. The summed E-state index contributed by atoms with van der Waals surface area (Å²) in [5.41, 5.74) is 4.91. The van der Waals surface area contributed by atoms with Crippen molar-refractivity contribution in [3.63, 3.8) is 0 Å². The summed E-state index contributed by atoms with van der Waals surface area (Å²) in [5.74, 6) is -0.0677. The molecule has 7 nitrogen and oxygen atoms in total. The Kier molecular flexibility index (Phi) is 4.92. The van der Waals surface area contributed by atoms with Crippen molar-refractivity contribution in [2.45, 2.75) is 19.4 Å². The molecule has 0 radical (unpaired) electrons. The maximum Gasteiger partial charge on any atom is 0.255 e. The first-order valence-corrected chi connectivity index (χ1v) is 10.3. The van der Waals surface area contributed by atoms with E-state index in [-0.39, 0.29) is 11.8 Å². The van der Waals surface area contributed by atoms with Gasteiger partial charge in [-0.1, -0.05) is 35.5 Å². The topological polar surface area (TPSA) is 80.1 Å². The van der Waals surface area contributed by atoms with E-state index in [0.29, 0.717) is 24.2 Å². The maximum atomic E-state index is 12.7. The number of carbonyl (C=O) groups is 2. The molecule has 3 aromatic carbocycles. The monoisotopic (exact) mass is 411 g/mol. The Balaban J connectivity index is 1.28. The van der Waals surface area contributed by atoms with Crippen LogP contribution >= 0.6 is 0 Å². The fourth-order valence-electron chi connectivity index (χ4n) is 3.84. The van der Waals surface area contributed by atoms with E-state index < -0.39 is 0 Å². The zero-order chi connectivity index (χ0) is 21.2. The fraction of sp³-hybridized carbons (Fsp3) is 0.167. The van der Waals surface area contributed by atoms with Crippen LogP contribution in [0.25, 0.3) is 11.0 Å². The standard InChI is InChI=1S/C24H21N5O2/c30-23-9-4-14-28(23)20-6-3-5-19(15-20)25-24(31)18-12-10-17(11-13-18)16-29-22-8-2-1-7-21(22)26-27-29/h1-3,5-8,10-13,15H,4,9,14,16H2,(H,25,31). The molecule has 1 saturated heterocycles. The van der Waals surface area contributed by atoms with Crippen molar-refractivity contribution < 1.29 is 9.59 Å². The first kappa shape index (κ1) is 19.0. The summed E-state index contributed by atoms with van der Waals surface area (Å²) in [6.07, 6.45) is 1.44. The third kappa shape index (κ3) is 3.90. The SMILES string of the molecule is O=C(Nc1cccc(N2CCCC2=O)c1)c1ccc(Cn2nnc3ccccc32)cc1. The molecule has 2 heterocycles. The van der Waals surface area contributed by atoms with Gasteiger partial charge in [0.1, 0.15) is 5.52 Å². The van der Waals surface area contributed by atoms with Crippen molar-refractivity contribution in [3.05, 3.63) is 83.9 Å². The smallest absolute Gasteiger partial charge is 0.255 e. The highest BCUT2D eigenvalue weighted by Crippen LogP contribution is 2.24. The largest absolute Gasteiger partial charge is 0.322 e. The van der Waals surface area contributed by atoms with E-state index in [1.54, 1.807) is 17.0 Å². The summed E-state index contributed by atoms with van der Waals surface area (Å²) in [6.45, 7) is 1.30. The molecule has 5 rings (SSSR count). The molecule has 7 heteroatoms. The van der Waals surface area contributed by atoms with Crippen LogP contribution in [0.15, 0.2) is 72.8 Å². The van der Waals surface area contributed by atoms with Crippen LogP contribution in [-0.2, 0) is 11.3 Å². The molecule has 0 bridgehead atoms. The number of hydrogen-bond donors (Lipinski definition) is 1. The number of amides is 2. The molecule has 2 amide bonds. The second-order valence-corrected chi connectivity index (χ2v) is 7.59. The average Bonchev–Trinajstić information content (AvgIpc) is 3.41. The summed E-state index contributed by atoms with van der Waals surface area (Å²) >= 11 is 0. The predicted molar refractivity (Wildman–Crippen MR) is 119 cm³/mol. The van der Waals surface area contributed by atoms with E-state index in [9.17, 15) is 9.59 Å². The van der Waals surface area contributed by atoms with E-state index >= 15 is 0 Å². The van der Waals surface area contributed by atoms with Gasteiger partial charge in [-0.2, -0.15) is 0 Å². The normalized spacial score (nSPS) is 13.7. The summed E-state index contributed by atoms with van der Waals surface area (Å²) in [4.78, 5) is 26.4. The first-order valence-electron chi connectivity index (χ1n) is 10.3. The van der Waals surface area contributed by atoms with Crippen molar-refractivity contribution in [1.29, 1.82) is 0 Å². The summed E-state index contributed by atoms with van der Waals surface area (Å²) in [5, 5.41) is 11.3. The van der Waals surface area contributed by atoms with Gasteiger partial charge in [0.2, 0.25) is 5.91 Å². The number of fused-ring (bicyclic) bond motifs is 1. The molecule has 1 aliphatic rings. The Morgan fingerprint density at radius 1 is 1.00 bits per heavy atom. The number of aromatic nitrogens is 3. The highest BCUT2D eigenvalue weighted by atomic mass is 16.2. The van der Waals surface area contributed by atoms with Crippen molar-refractivity contribution in [2.75, 3.05) is 16.8 Å². The molecule has 1 N–H and O–H groups in total. The van der Waals surface area contributed by atoms with Gasteiger partial charge in [-0.05, 0) is 54.4 Å². The van der Waals surface area contributed by atoms with E-state index in [4.69, 9.17) is 0 Å². The molecule has 0 aliphatic carbocycles. The van der Waals surface area contributed by atoms with Crippen LogP contribution in [0.3, 0.4) is 0 Å². The second kappa shape index (κ2) is 8.02. The van der Waals surface area contributed by atoms with Crippen LogP contribution < -0.4 is 10.2 Å². The van der Waals surface area contributed by atoms with Gasteiger partial charge in [0.05, 0.1) is 12.1 Å². The van der Waals surface area contributed by atoms with E-state index in [1.165, 1.54) is 0 Å². The minimum absolute atomic E-state index is 0.124. The van der Waals surface area contributed by atoms with Gasteiger partial charge in [0.15, 0.2) is 0 Å². The third-order valence-corrected chi connectivity index (χ3v) is 5.46. The highest BCUT2D eigenvalue weighted by molar-refractivity contribution is 6.05. The molecule has 154 valence electrons. The predicted octanol–water partition coefficient (Wildman–Crippen LogP) is 3.86. The van der Waals surface area contributed by atoms with Crippen LogP contribution in [-0.4, -0.2) is 33.4 Å². The Morgan fingerprint density at radius 2 is 1.84 bits per heavy atom. The zero-order valence-electron chi connectivity index (χ0n) is 16.9. The lowest BCUT2D eigenvalue weighted by atomic mass is 10.1. The number of hydrogen-bond acceptors (Lipinski definition) is 4. The molecule has 0 unspecified atom stereocenters. The van der Waals surface area contributed by atoms with Gasteiger partial charge in [-0.3, -0.25) is 9.59 Å². The van der Waals surface area contributed by atoms with Crippen LogP contribution in [0.2, 0.25) is 0 Å². The highest BCUT2D eigenvalue weighted by Gasteiger charge is 2.21. The average molecular weight is 411 g/mol. The molecule has 1 aromatic heterocycles. The van der Waals surface area contributed by atoms with Crippen molar-refractivity contribution in [2.24, 2.45) is 0 Å². The van der Waals surface area contributed by atoms with Crippen LogP contribution in [0, 0.1) is 0 Å². The van der Waals surface area contributed by atoms with Gasteiger partial charge in [-0.15, -0.1) is 5.10 Å². The zero-order valence-corrected chi connectivity index (χ0v) is 16.9. The van der Waals surface area contributed by atoms with Crippen LogP contribution in [0.1, 0.15) is 28.8 Å². The van der Waals surface area contributed by atoms with Gasteiger partial charge in [0, 0.05) is 29.9 Å². The maximum absolute atomic E-state index is 12.7. The number of para-hydroxylation sites is 1. The molecule has 31 heavy (non-hydrogen) atoms. The van der Waals surface area contributed by atoms with E-state index in [0.717, 1.165) is 35.2 Å². The number of carbonyl (C=O) groups excluding carboxylic acids is 2. The number of nitrogens with one attached hydrogen (secondary N) is 1. The summed E-state index contributed by atoms with van der Waals surface area (Å²) in [6, 6.07) is 22.7. The molecule has 4 aromatic rings. The van der Waals surface area contributed by atoms with Crippen molar-refractivity contribution in [3.8, 4) is 0 Å². The Morgan fingerprint density at radius 3 is 2.65 bits per heavy atom. The number of anilines is 2. The lowest BCUT2D eigenvalue weighted by Crippen LogP contribution is -2.23. The van der Waals surface area contributed by atoms with Gasteiger partial charge >= 0.3 is 0 Å². The number of rotatable bonds is 5. The Hall–Kier alpha value is -4.00. The molecule has 1 aliphatic heterocycles. The first-order chi connectivity index (χ1) is 15.2. The quantitative estimate of drug-likeness (QED) is 0.541. The number of benzene rings is 3. The molecule has 0 atom stereocenters. The molecular formula is C24H21N5O2. The lowest BCUT2D eigenvalue weighted by molar-refractivity contribution is -0.117. The van der Waals surface area contributed by atoms with Gasteiger partial charge in [0.25, 0.3) is 5.91 Å². The Labute approximate surface area is 179 Å². The summed E-state index contributed by atoms with van der Waals surface area (Å²) < 4.78 is 1.84. The minimum Gasteiger partial charge on any atom is -0.322 e. The summed E-state index contributed by atoms with van der Waals surface area (Å²) in [7, 11) is 0. The molecule has 1 fully saturated rings. The van der Waals surface area contributed by atoms with Crippen molar-refractivity contribution >= 4 is 34.2 Å². The van der Waals surface area contributed by atoms with Gasteiger partial charge < -0.3 is 10.2 Å². The number of nitrogens with zero attached hydrogens (tertiary/aromatic N) is 4. The van der Waals surface area contributed by atoms with E-state index in [1.807, 2.05) is 65.3 Å². The van der Waals surface area contributed by atoms with Crippen molar-refractivity contribution in [1.82, 2.24) is 15.0 Å². The van der Waals surface area contributed by atoms with Crippen LogP contribution in [0.4, 0.5) is 11.4 Å². The lowest BCUT2D eigenvalue weighted by Gasteiger charge is -2.16. The minimum atomic E-state index is -0.192.